The molecule has 2 aliphatic rings. The second-order valence-electron chi connectivity index (χ2n) is 7.05. The van der Waals surface area contributed by atoms with Gasteiger partial charge in [0.1, 0.15) is 11.3 Å². The fourth-order valence-electron chi connectivity index (χ4n) is 4.03. The van der Waals surface area contributed by atoms with Gasteiger partial charge in [-0.2, -0.15) is 0 Å². The lowest BCUT2D eigenvalue weighted by Crippen LogP contribution is -2.46. The Morgan fingerprint density at radius 2 is 2.08 bits per heavy atom. The van der Waals surface area contributed by atoms with E-state index in [9.17, 15) is 4.79 Å². The zero-order valence-corrected chi connectivity index (χ0v) is 15.8. The number of likely N-dealkylation sites (tertiary alicyclic amines) is 1. The van der Waals surface area contributed by atoms with Crippen LogP contribution in [-0.2, 0) is 0 Å². The van der Waals surface area contributed by atoms with Crippen LogP contribution in [0.25, 0.3) is 0 Å². The van der Waals surface area contributed by atoms with E-state index in [0.29, 0.717) is 16.7 Å². The predicted octanol–water partition coefficient (Wildman–Crippen LogP) is 2.64. The Morgan fingerprint density at radius 3 is 2.69 bits per heavy atom. The lowest BCUT2D eigenvalue weighted by Gasteiger charge is -2.39. The molecule has 138 valence electrons. The van der Waals surface area contributed by atoms with Crippen LogP contribution >= 0.6 is 11.3 Å². The first-order valence-corrected chi connectivity index (χ1v) is 10.1. The Morgan fingerprint density at radius 1 is 1.23 bits per heavy atom. The number of pyridine rings is 1. The summed E-state index contributed by atoms with van der Waals surface area (Å²) in [5.41, 5.74) is 2.12. The SMILES string of the molecule is CC1CCCN1C1CCN(c2ccc(C(=O)Nc3nncs3)cn2)CC1. The number of hydrogen-bond donors (Lipinski definition) is 1. The average Bonchev–Trinajstić information content (AvgIpc) is 3.34. The zero-order valence-electron chi connectivity index (χ0n) is 15.0. The van der Waals surface area contributed by atoms with E-state index in [2.05, 4.69) is 37.2 Å². The molecule has 1 unspecified atom stereocenters. The van der Waals surface area contributed by atoms with Gasteiger partial charge in [-0.1, -0.05) is 11.3 Å². The number of piperidine rings is 1. The van der Waals surface area contributed by atoms with Gasteiger partial charge in [-0.15, -0.1) is 10.2 Å². The van der Waals surface area contributed by atoms with Crippen molar-refractivity contribution >= 4 is 28.2 Å². The van der Waals surface area contributed by atoms with E-state index in [4.69, 9.17) is 0 Å². The van der Waals surface area contributed by atoms with Crippen molar-refractivity contribution in [1.82, 2.24) is 20.1 Å². The van der Waals surface area contributed by atoms with Crippen LogP contribution in [0.5, 0.6) is 0 Å². The van der Waals surface area contributed by atoms with Crippen LogP contribution in [0.15, 0.2) is 23.8 Å². The summed E-state index contributed by atoms with van der Waals surface area (Å²) in [4.78, 5) is 21.7. The van der Waals surface area contributed by atoms with Gasteiger partial charge in [0.15, 0.2) is 0 Å². The largest absolute Gasteiger partial charge is 0.357 e. The Labute approximate surface area is 157 Å². The van der Waals surface area contributed by atoms with E-state index in [1.807, 2.05) is 12.1 Å². The number of carbonyl (C=O) groups excluding carboxylic acids is 1. The highest BCUT2D eigenvalue weighted by atomic mass is 32.1. The molecular formula is C18H24N6OS. The third-order valence-corrected chi connectivity index (χ3v) is 6.06. The van der Waals surface area contributed by atoms with E-state index in [1.54, 1.807) is 11.7 Å². The number of nitrogens with zero attached hydrogens (tertiary/aromatic N) is 5. The van der Waals surface area contributed by atoms with Crippen molar-refractivity contribution in [2.24, 2.45) is 0 Å². The zero-order chi connectivity index (χ0) is 17.9. The summed E-state index contributed by atoms with van der Waals surface area (Å²) in [7, 11) is 0. The Balaban J connectivity index is 1.33. The van der Waals surface area contributed by atoms with Gasteiger partial charge in [-0.25, -0.2) is 4.98 Å². The maximum Gasteiger partial charge on any atom is 0.259 e. The van der Waals surface area contributed by atoms with E-state index in [-0.39, 0.29) is 5.91 Å². The number of rotatable bonds is 4. The fourth-order valence-corrected chi connectivity index (χ4v) is 4.47. The molecule has 7 nitrogen and oxygen atoms in total. The van der Waals surface area contributed by atoms with Crippen LogP contribution in [0, 0.1) is 0 Å². The van der Waals surface area contributed by atoms with Gasteiger partial charge in [-0.3, -0.25) is 15.0 Å². The normalized spacial score (nSPS) is 21.9. The standard InChI is InChI=1S/C18H24N6OS/c1-13-3-2-8-24(13)15-6-9-23(10-7-15)16-5-4-14(11-19-16)17(25)21-18-22-20-12-26-18/h4-5,11-13,15H,2-3,6-10H2,1H3,(H,21,22,25). The summed E-state index contributed by atoms with van der Waals surface area (Å²) in [6, 6.07) is 5.21. The summed E-state index contributed by atoms with van der Waals surface area (Å²) in [6.45, 7) is 5.66. The quantitative estimate of drug-likeness (QED) is 0.889. The first-order valence-electron chi connectivity index (χ1n) is 9.25. The molecule has 8 heteroatoms. The van der Waals surface area contributed by atoms with Crippen molar-refractivity contribution in [3.63, 3.8) is 0 Å². The maximum absolute atomic E-state index is 12.2. The van der Waals surface area contributed by atoms with Gasteiger partial charge in [0.05, 0.1) is 5.56 Å². The molecule has 0 radical (unpaired) electrons. The van der Waals surface area contributed by atoms with Crippen molar-refractivity contribution in [2.75, 3.05) is 29.9 Å². The number of nitrogens with one attached hydrogen (secondary N) is 1. The smallest absolute Gasteiger partial charge is 0.259 e. The minimum atomic E-state index is -0.206. The molecule has 26 heavy (non-hydrogen) atoms. The monoisotopic (exact) mass is 372 g/mol. The van der Waals surface area contributed by atoms with Crippen LogP contribution in [0.3, 0.4) is 0 Å². The lowest BCUT2D eigenvalue weighted by atomic mass is 10.0. The Kier molecular flexibility index (Phi) is 5.12. The number of anilines is 2. The summed E-state index contributed by atoms with van der Waals surface area (Å²) in [5, 5.41) is 10.8. The predicted molar refractivity (Wildman–Crippen MR) is 103 cm³/mol. The fraction of sp³-hybridized carbons (Fsp3) is 0.556. The average molecular weight is 372 g/mol. The molecule has 1 amide bonds. The number of hydrogen-bond acceptors (Lipinski definition) is 7. The highest BCUT2D eigenvalue weighted by molar-refractivity contribution is 7.13. The van der Waals surface area contributed by atoms with E-state index >= 15 is 0 Å². The van der Waals surface area contributed by atoms with E-state index in [0.717, 1.165) is 24.9 Å². The molecule has 2 saturated heterocycles. The molecule has 1 atom stereocenters. The summed E-state index contributed by atoms with van der Waals surface area (Å²) in [6.07, 6.45) is 6.68. The minimum Gasteiger partial charge on any atom is -0.357 e. The topological polar surface area (TPSA) is 74.2 Å². The number of aromatic nitrogens is 3. The van der Waals surface area contributed by atoms with Crippen molar-refractivity contribution < 1.29 is 4.79 Å². The first-order chi connectivity index (χ1) is 12.7. The van der Waals surface area contributed by atoms with Crippen LogP contribution in [-0.4, -0.2) is 57.7 Å². The highest BCUT2D eigenvalue weighted by Crippen LogP contribution is 2.27. The Hall–Kier alpha value is -2.06. The van der Waals surface area contributed by atoms with Crippen LogP contribution in [0.1, 0.15) is 43.0 Å². The molecule has 0 spiro atoms. The number of carbonyl (C=O) groups is 1. The van der Waals surface area contributed by atoms with Crippen molar-refractivity contribution in [2.45, 2.75) is 44.7 Å². The minimum absolute atomic E-state index is 0.206. The molecule has 0 aliphatic carbocycles. The van der Waals surface area contributed by atoms with Crippen LogP contribution in [0.2, 0.25) is 0 Å². The molecule has 0 bridgehead atoms. The van der Waals surface area contributed by atoms with Crippen LogP contribution in [0.4, 0.5) is 10.9 Å². The molecular weight excluding hydrogens is 348 g/mol. The summed E-state index contributed by atoms with van der Waals surface area (Å²) >= 11 is 1.30. The second-order valence-corrected chi connectivity index (χ2v) is 7.88. The first kappa shape index (κ1) is 17.4. The van der Waals surface area contributed by atoms with E-state index in [1.165, 1.54) is 43.6 Å². The summed E-state index contributed by atoms with van der Waals surface area (Å²) in [5.74, 6) is 0.743. The van der Waals surface area contributed by atoms with Gasteiger partial charge in [0.2, 0.25) is 5.13 Å². The van der Waals surface area contributed by atoms with Crippen molar-refractivity contribution in [3.05, 3.63) is 29.4 Å². The number of amides is 1. The van der Waals surface area contributed by atoms with Gasteiger partial charge < -0.3 is 4.90 Å². The maximum atomic E-state index is 12.2. The molecule has 2 aromatic heterocycles. The molecule has 4 rings (SSSR count). The molecule has 4 heterocycles. The highest BCUT2D eigenvalue weighted by Gasteiger charge is 2.30. The molecule has 0 aromatic carbocycles. The molecule has 2 aliphatic heterocycles. The van der Waals surface area contributed by atoms with Gasteiger partial charge in [0, 0.05) is 31.4 Å². The Bertz CT molecular complexity index is 727. The van der Waals surface area contributed by atoms with Gasteiger partial charge in [0.25, 0.3) is 5.91 Å². The van der Waals surface area contributed by atoms with E-state index < -0.39 is 0 Å². The molecule has 2 aromatic rings. The van der Waals surface area contributed by atoms with Gasteiger partial charge >= 0.3 is 0 Å². The third-order valence-electron chi connectivity index (χ3n) is 5.45. The van der Waals surface area contributed by atoms with Crippen molar-refractivity contribution in [3.8, 4) is 0 Å². The van der Waals surface area contributed by atoms with Gasteiger partial charge in [-0.05, 0) is 51.3 Å². The lowest BCUT2D eigenvalue weighted by molar-refractivity contribution is 0.102. The second kappa shape index (κ2) is 7.67. The molecule has 1 N–H and O–H groups in total. The van der Waals surface area contributed by atoms with Crippen molar-refractivity contribution in [1.29, 1.82) is 0 Å². The third kappa shape index (κ3) is 3.71. The molecule has 0 saturated carbocycles. The van der Waals surface area contributed by atoms with Crippen LogP contribution < -0.4 is 10.2 Å². The summed E-state index contributed by atoms with van der Waals surface area (Å²) < 4.78 is 0. The molecule has 2 fully saturated rings.